The molecule has 0 aliphatic rings. The van der Waals surface area contributed by atoms with Gasteiger partial charge in [0.2, 0.25) is 0 Å². The maximum Gasteiger partial charge on any atom is 0.0714 e. The van der Waals surface area contributed by atoms with Crippen molar-refractivity contribution in [2.45, 2.75) is 20.4 Å². The predicted octanol–water partition coefficient (Wildman–Crippen LogP) is 1.65. The fourth-order valence-electron chi connectivity index (χ4n) is 2.00. The molecule has 0 amide bonds. The predicted molar refractivity (Wildman–Crippen MR) is 58.1 cm³/mol. The molecule has 0 radical (unpaired) electrons. The summed E-state index contributed by atoms with van der Waals surface area (Å²) in [5, 5.41) is 5.63. The minimum absolute atomic E-state index is 0.589. The molecule has 0 fully saturated rings. The minimum Gasteiger partial charge on any atom is -0.326 e. The third kappa shape index (κ3) is 1.13. The number of fused-ring (bicyclic) bond motifs is 1. The second kappa shape index (κ2) is 3.10. The summed E-state index contributed by atoms with van der Waals surface area (Å²) in [6, 6.07) is 4.19. The van der Waals surface area contributed by atoms with Gasteiger partial charge in [-0.1, -0.05) is 12.1 Å². The maximum absolute atomic E-state index is 5.67. The zero-order valence-corrected chi connectivity index (χ0v) is 8.83. The Morgan fingerprint density at radius 1 is 1.36 bits per heavy atom. The first-order chi connectivity index (χ1) is 6.65. The molecule has 0 saturated carbocycles. The molecule has 0 unspecified atom stereocenters. The summed E-state index contributed by atoms with van der Waals surface area (Å²) in [6.07, 6.45) is 0. The Balaban J connectivity index is 2.87. The van der Waals surface area contributed by atoms with Crippen LogP contribution in [0, 0.1) is 13.8 Å². The van der Waals surface area contributed by atoms with E-state index in [4.69, 9.17) is 5.73 Å². The van der Waals surface area contributed by atoms with Crippen molar-refractivity contribution in [1.82, 2.24) is 9.78 Å². The van der Waals surface area contributed by atoms with E-state index in [0.29, 0.717) is 6.54 Å². The summed E-state index contributed by atoms with van der Waals surface area (Å²) in [7, 11) is 1.97. The number of aromatic nitrogens is 2. The van der Waals surface area contributed by atoms with Crippen molar-refractivity contribution in [2.75, 3.05) is 0 Å². The lowest BCUT2D eigenvalue weighted by Gasteiger charge is -2.05. The van der Waals surface area contributed by atoms with Gasteiger partial charge in [-0.25, -0.2) is 0 Å². The molecular weight excluding hydrogens is 174 g/mol. The molecule has 3 nitrogen and oxygen atoms in total. The number of hydrogen-bond donors (Lipinski definition) is 1. The SMILES string of the molecule is Cc1nn(C)c2c(C)c(CN)ccc12. The normalized spacial score (nSPS) is 11.1. The monoisotopic (exact) mass is 189 g/mol. The van der Waals surface area contributed by atoms with E-state index >= 15 is 0 Å². The lowest BCUT2D eigenvalue weighted by atomic mass is 10.0. The number of nitrogens with two attached hydrogens (primary N) is 1. The van der Waals surface area contributed by atoms with E-state index in [-0.39, 0.29) is 0 Å². The molecule has 14 heavy (non-hydrogen) atoms. The first-order valence-corrected chi connectivity index (χ1v) is 4.77. The Hall–Kier alpha value is -1.35. The lowest BCUT2D eigenvalue weighted by Crippen LogP contribution is -2.01. The summed E-state index contributed by atoms with van der Waals surface area (Å²) < 4.78 is 1.93. The van der Waals surface area contributed by atoms with Crippen molar-refractivity contribution in [2.24, 2.45) is 12.8 Å². The fourth-order valence-corrected chi connectivity index (χ4v) is 2.00. The van der Waals surface area contributed by atoms with Crippen LogP contribution in [0.1, 0.15) is 16.8 Å². The highest BCUT2D eigenvalue weighted by atomic mass is 15.3. The first kappa shape index (κ1) is 9.21. The summed E-state index contributed by atoms with van der Waals surface area (Å²) in [5.41, 5.74) is 10.4. The molecule has 1 aromatic heterocycles. The van der Waals surface area contributed by atoms with Crippen molar-refractivity contribution >= 4 is 10.9 Å². The molecular formula is C11H15N3. The van der Waals surface area contributed by atoms with E-state index in [1.807, 2.05) is 18.7 Å². The van der Waals surface area contributed by atoms with Gasteiger partial charge in [0.15, 0.2) is 0 Å². The summed E-state index contributed by atoms with van der Waals surface area (Å²) in [6.45, 7) is 4.72. The van der Waals surface area contributed by atoms with E-state index in [1.165, 1.54) is 22.0 Å². The van der Waals surface area contributed by atoms with Crippen LogP contribution in [0.3, 0.4) is 0 Å². The molecule has 1 heterocycles. The number of aryl methyl sites for hydroxylation is 3. The van der Waals surface area contributed by atoms with Gasteiger partial charge in [0.05, 0.1) is 11.2 Å². The van der Waals surface area contributed by atoms with E-state index in [0.717, 1.165) is 5.69 Å². The van der Waals surface area contributed by atoms with E-state index in [9.17, 15) is 0 Å². The van der Waals surface area contributed by atoms with Crippen LogP contribution in [0.15, 0.2) is 12.1 Å². The minimum atomic E-state index is 0.589. The number of benzene rings is 1. The summed E-state index contributed by atoms with van der Waals surface area (Å²) in [5.74, 6) is 0. The van der Waals surface area contributed by atoms with Crippen LogP contribution in [0.4, 0.5) is 0 Å². The molecule has 3 heteroatoms. The smallest absolute Gasteiger partial charge is 0.0714 e. The lowest BCUT2D eigenvalue weighted by molar-refractivity contribution is 0.780. The summed E-state index contributed by atoms with van der Waals surface area (Å²) in [4.78, 5) is 0. The Bertz CT molecular complexity index is 483. The molecule has 0 aliphatic heterocycles. The van der Waals surface area contributed by atoms with Gasteiger partial charge in [0, 0.05) is 19.0 Å². The van der Waals surface area contributed by atoms with Gasteiger partial charge in [-0.05, 0) is 25.0 Å². The third-order valence-corrected chi connectivity index (χ3v) is 2.78. The largest absolute Gasteiger partial charge is 0.326 e. The molecule has 1 aromatic carbocycles. The molecule has 0 saturated heterocycles. The number of nitrogens with zero attached hydrogens (tertiary/aromatic N) is 2. The van der Waals surface area contributed by atoms with Gasteiger partial charge >= 0.3 is 0 Å². The van der Waals surface area contributed by atoms with Crippen molar-refractivity contribution in [3.8, 4) is 0 Å². The van der Waals surface area contributed by atoms with Gasteiger partial charge in [0.25, 0.3) is 0 Å². The zero-order chi connectivity index (χ0) is 10.3. The van der Waals surface area contributed by atoms with Gasteiger partial charge in [-0.15, -0.1) is 0 Å². The maximum atomic E-state index is 5.67. The quantitative estimate of drug-likeness (QED) is 0.741. The van der Waals surface area contributed by atoms with E-state index < -0.39 is 0 Å². The fraction of sp³-hybridized carbons (Fsp3) is 0.364. The van der Waals surface area contributed by atoms with Crippen molar-refractivity contribution in [1.29, 1.82) is 0 Å². The van der Waals surface area contributed by atoms with Crippen LogP contribution in [-0.4, -0.2) is 9.78 Å². The topological polar surface area (TPSA) is 43.8 Å². The molecule has 74 valence electrons. The van der Waals surface area contributed by atoms with Crippen LogP contribution >= 0.6 is 0 Å². The second-order valence-electron chi connectivity index (χ2n) is 3.66. The highest BCUT2D eigenvalue weighted by Gasteiger charge is 2.09. The van der Waals surface area contributed by atoms with Crippen molar-refractivity contribution in [3.05, 3.63) is 29.0 Å². The van der Waals surface area contributed by atoms with E-state index in [2.05, 4.69) is 24.2 Å². The molecule has 2 rings (SSSR count). The average Bonchev–Trinajstić information content (AvgIpc) is 2.44. The highest BCUT2D eigenvalue weighted by molar-refractivity contribution is 5.85. The number of rotatable bonds is 1. The summed E-state index contributed by atoms with van der Waals surface area (Å²) >= 11 is 0. The molecule has 0 atom stereocenters. The van der Waals surface area contributed by atoms with Gasteiger partial charge in [-0.2, -0.15) is 5.10 Å². The average molecular weight is 189 g/mol. The van der Waals surface area contributed by atoms with Crippen molar-refractivity contribution < 1.29 is 0 Å². The third-order valence-electron chi connectivity index (χ3n) is 2.78. The molecule has 0 spiro atoms. The Morgan fingerprint density at radius 3 is 2.71 bits per heavy atom. The second-order valence-corrected chi connectivity index (χ2v) is 3.66. The van der Waals surface area contributed by atoms with Crippen molar-refractivity contribution in [3.63, 3.8) is 0 Å². The van der Waals surface area contributed by atoms with Crippen LogP contribution in [0.2, 0.25) is 0 Å². The Kier molecular flexibility index (Phi) is 2.04. The Labute approximate surface area is 83.5 Å². The molecule has 2 N–H and O–H groups in total. The highest BCUT2D eigenvalue weighted by Crippen LogP contribution is 2.23. The van der Waals surface area contributed by atoms with Gasteiger partial charge in [0.1, 0.15) is 0 Å². The van der Waals surface area contributed by atoms with Gasteiger partial charge in [-0.3, -0.25) is 4.68 Å². The van der Waals surface area contributed by atoms with Crippen LogP contribution < -0.4 is 5.73 Å². The number of hydrogen-bond acceptors (Lipinski definition) is 2. The molecule has 0 bridgehead atoms. The Morgan fingerprint density at radius 2 is 2.07 bits per heavy atom. The molecule has 0 aliphatic carbocycles. The first-order valence-electron chi connectivity index (χ1n) is 4.77. The van der Waals surface area contributed by atoms with Gasteiger partial charge < -0.3 is 5.73 Å². The standard InChI is InChI=1S/C11H15N3/c1-7-9(6-12)4-5-10-8(2)13-14(3)11(7)10/h4-5H,6,12H2,1-3H3. The van der Waals surface area contributed by atoms with Crippen LogP contribution in [-0.2, 0) is 13.6 Å². The van der Waals surface area contributed by atoms with Crippen LogP contribution in [0.5, 0.6) is 0 Å². The van der Waals surface area contributed by atoms with E-state index in [1.54, 1.807) is 0 Å². The zero-order valence-electron chi connectivity index (χ0n) is 8.83. The van der Waals surface area contributed by atoms with Crippen LogP contribution in [0.25, 0.3) is 10.9 Å². The molecule has 2 aromatic rings.